The number of hydrogen-bond acceptors (Lipinski definition) is 5. The lowest BCUT2D eigenvalue weighted by molar-refractivity contribution is 0.0626. The van der Waals surface area contributed by atoms with Gasteiger partial charge in [0.05, 0.1) is 23.0 Å². The van der Waals surface area contributed by atoms with Gasteiger partial charge in [-0.05, 0) is 53.0 Å². The normalized spacial score (nSPS) is 21.0. The van der Waals surface area contributed by atoms with Gasteiger partial charge >= 0.3 is 11.8 Å². The van der Waals surface area contributed by atoms with Crippen molar-refractivity contribution in [1.29, 1.82) is 0 Å². The molecule has 1 amide bonds. The Balaban J connectivity index is 1.81. The third-order valence-corrected chi connectivity index (χ3v) is 7.76. The van der Waals surface area contributed by atoms with Crippen molar-refractivity contribution in [2.24, 2.45) is 5.92 Å². The average molecular weight is 471 g/mol. The van der Waals surface area contributed by atoms with Crippen molar-refractivity contribution in [2.75, 3.05) is 0 Å². The third kappa shape index (κ3) is 3.75. The summed E-state index contributed by atoms with van der Waals surface area (Å²) < 4.78 is 29.9. The SMILES string of the molecule is Cc1c(CNN(C(=O)O)C(C)(C)C)sc2c1c(=O)n(C1(C)CC1)c(=O)n2CC1CC1(F)F. The molecule has 2 saturated carbocycles. The van der Waals surface area contributed by atoms with Crippen LogP contribution in [-0.4, -0.2) is 36.8 Å². The van der Waals surface area contributed by atoms with Gasteiger partial charge in [-0.15, -0.1) is 11.3 Å². The fourth-order valence-corrected chi connectivity index (χ4v) is 5.26. The molecule has 4 rings (SSSR count). The number of hydrogen-bond donors (Lipinski definition) is 2. The number of fused-ring (bicyclic) bond motifs is 1. The first kappa shape index (κ1) is 22.9. The van der Waals surface area contributed by atoms with Gasteiger partial charge in [-0.1, -0.05) is 0 Å². The first-order valence-corrected chi connectivity index (χ1v) is 11.4. The molecule has 0 bridgehead atoms. The van der Waals surface area contributed by atoms with E-state index >= 15 is 0 Å². The van der Waals surface area contributed by atoms with E-state index in [2.05, 4.69) is 5.43 Å². The van der Waals surface area contributed by atoms with E-state index in [0.29, 0.717) is 33.5 Å². The van der Waals surface area contributed by atoms with Gasteiger partial charge in [0.25, 0.3) is 11.5 Å². The summed E-state index contributed by atoms with van der Waals surface area (Å²) in [6.07, 6.45) is -0.0448. The highest BCUT2D eigenvalue weighted by molar-refractivity contribution is 7.18. The Morgan fingerprint density at radius 3 is 2.38 bits per heavy atom. The Bertz CT molecular complexity index is 1220. The van der Waals surface area contributed by atoms with Gasteiger partial charge in [0.15, 0.2) is 0 Å². The number of alkyl halides is 2. The molecule has 2 N–H and O–H groups in total. The van der Waals surface area contributed by atoms with E-state index in [4.69, 9.17) is 0 Å². The van der Waals surface area contributed by atoms with Gasteiger partial charge in [0.1, 0.15) is 4.83 Å². The molecule has 0 spiro atoms. The zero-order valence-electron chi connectivity index (χ0n) is 18.8. The maximum atomic E-state index is 13.7. The quantitative estimate of drug-likeness (QED) is 0.630. The molecule has 2 aliphatic carbocycles. The lowest BCUT2D eigenvalue weighted by Crippen LogP contribution is -2.52. The summed E-state index contributed by atoms with van der Waals surface area (Å²) in [5.41, 5.74) is 1.27. The van der Waals surface area contributed by atoms with Crippen LogP contribution in [0, 0.1) is 12.8 Å². The van der Waals surface area contributed by atoms with E-state index in [1.54, 1.807) is 27.7 Å². The monoisotopic (exact) mass is 470 g/mol. The van der Waals surface area contributed by atoms with E-state index < -0.39 is 40.3 Å². The topological polar surface area (TPSA) is 96.6 Å². The highest BCUT2D eigenvalue weighted by Gasteiger charge is 2.57. The summed E-state index contributed by atoms with van der Waals surface area (Å²) in [7, 11) is 0. The second-order valence-corrected chi connectivity index (χ2v) is 11.2. The van der Waals surface area contributed by atoms with Crippen molar-refractivity contribution in [3.8, 4) is 0 Å². The predicted molar refractivity (Wildman–Crippen MR) is 117 cm³/mol. The van der Waals surface area contributed by atoms with Crippen LogP contribution in [0.2, 0.25) is 0 Å². The molecular weight excluding hydrogens is 442 g/mol. The minimum Gasteiger partial charge on any atom is -0.464 e. The minimum absolute atomic E-state index is 0.124. The maximum absolute atomic E-state index is 13.7. The summed E-state index contributed by atoms with van der Waals surface area (Å²) in [5.74, 6) is -3.71. The number of aromatic nitrogens is 2. The molecule has 2 fully saturated rings. The number of amides is 1. The van der Waals surface area contributed by atoms with Crippen LogP contribution in [0.25, 0.3) is 10.2 Å². The van der Waals surface area contributed by atoms with Crippen molar-refractivity contribution in [3.63, 3.8) is 0 Å². The molecular formula is C21H28F2N4O4S. The number of carboxylic acid groups (broad SMARTS) is 1. The molecule has 11 heteroatoms. The number of hydrazine groups is 1. The number of rotatable bonds is 6. The van der Waals surface area contributed by atoms with Crippen LogP contribution in [0.5, 0.6) is 0 Å². The molecule has 0 radical (unpaired) electrons. The zero-order valence-corrected chi connectivity index (χ0v) is 19.6. The van der Waals surface area contributed by atoms with E-state index in [1.807, 2.05) is 6.92 Å². The summed E-state index contributed by atoms with van der Waals surface area (Å²) in [6, 6.07) is 0. The van der Waals surface area contributed by atoms with E-state index in [0.717, 1.165) is 5.01 Å². The number of aryl methyl sites for hydroxylation is 1. The molecule has 0 saturated heterocycles. The first-order valence-electron chi connectivity index (χ1n) is 10.6. The second-order valence-electron chi connectivity index (χ2n) is 10.1. The summed E-state index contributed by atoms with van der Waals surface area (Å²) in [5, 5.41) is 10.9. The van der Waals surface area contributed by atoms with Gasteiger partial charge in [0, 0.05) is 23.8 Å². The molecule has 176 valence electrons. The number of nitrogens with one attached hydrogen (secondary N) is 1. The Hall–Kier alpha value is -2.27. The highest BCUT2D eigenvalue weighted by atomic mass is 32.1. The smallest absolute Gasteiger partial charge is 0.422 e. The van der Waals surface area contributed by atoms with Gasteiger partial charge in [0.2, 0.25) is 0 Å². The van der Waals surface area contributed by atoms with Crippen LogP contribution in [0.15, 0.2) is 9.59 Å². The second kappa shape index (κ2) is 7.11. The van der Waals surface area contributed by atoms with Gasteiger partial charge in [-0.2, -0.15) is 0 Å². The van der Waals surface area contributed by atoms with Crippen molar-refractivity contribution in [1.82, 2.24) is 19.6 Å². The number of halogens is 2. The van der Waals surface area contributed by atoms with Crippen LogP contribution in [0.3, 0.4) is 0 Å². The van der Waals surface area contributed by atoms with Crippen molar-refractivity contribution < 1.29 is 18.7 Å². The molecule has 1 atom stereocenters. The van der Waals surface area contributed by atoms with Gasteiger partial charge in [-0.3, -0.25) is 13.9 Å². The molecule has 1 unspecified atom stereocenters. The number of carbonyl (C=O) groups is 1. The highest BCUT2D eigenvalue weighted by Crippen LogP contribution is 2.50. The molecule has 32 heavy (non-hydrogen) atoms. The Morgan fingerprint density at radius 1 is 1.31 bits per heavy atom. The molecule has 2 aromatic rings. The Kier molecular flexibility index (Phi) is 5.09. The fourth-order valence-electron chi connectivity index (χ4n) is 4.03. The van der Waals surface area contributed by atoms with E-state index in [-0.39, 0.29) is 19.5 Å². The average Bonchev–Trinajstić information content (AvgIpc) is 3.48. The Morgan fingerprint density at radius 2 is 1.91 bits per heavy atom. The van der Waals surface area contributed by atoms with E-state index in [1.165, 1.54) is 20.5 Å². The largest absolute Gasteiger partial charge is 0.464 e. The number of nitrogens with zero attached hydrogens (tertiary/aromatic N) is 3. The first-order chi connectivity index (χ1) is 14.7. The zero-order chi connectivity index (χ0) is 23.8. The van der Waals surface area contributed by atoms with Crippen LogP contribution < -0.4 is 16.7 Å². The van der Waals surface area contributed by atoms with Crippen molar-refractivity contribution in [2.45, 2.75) is 84.0 Å². The number of thiophene rings is 1. The molecule has 0 aliphatic heterocycles. The fraction of sp³-hybridized carbons (Fsp3) is 0.667. The van der Waals surface area contributed by atoms with E-state index in [9.17, 15) is 28.3 Å². The molecule has 0 aromatic carbocycles. The lowest BCUT2D eigenvalue weighted by Gasteiger charge is -2.33. The van der Waals surface area contributed by atoms with Crippen LogP contribution in [-0.2, 0) is 18.6 Å². The molecule has 2 aromatic heterocycles. The molecule has 8 nitrogen and oxygen atoms in total. The summed E-state index contributed by atoms with van der Waals surface area (Å²) >= 11 is 1.18. The third-order valence-electron chi connectivity index (χ3n) is 6.44. The minimum atomic E-state index is -2.79. The predicted octanol–water partition coefficient (Wildman–Crippen LogP) is 3.48. The standard InChI is InChI=1S/C21H28F2N4O4S/c1-11-13(9-24-27(18(30)31)19(2,3)4)32-16-14(11)15(28)26(20(5)6-7-20)17(29)25(16)10-12-8-21(12,22)23/h12,24H,6-10H2,1-5H3,(H,30,31). The van der Waals surface area contributed by atoms with Crippen LogP contribution >= 0.6 is 11.3 Å². The molecule has 2 heterocycles. The van der Waals surface area contributed by atoms with Crippen LogP contribution in [0.4, 0.5) is 13.6 Å². The Labute approximate surface area is 187 Å². The maximum Gasteiger partial charge on any atom is 0.422 e. The molecule has 2 aliphatic rings. The van der Waals surface area contributed by atoms with Gasteiger partial charge in [-0.25, -0.2) is 28.8 Å². The van der Waals surface area contributed by atoms with Crippen LogP contribution in [0.1, 0.15) is 57.4 Å². The van der Waals surface area contributed by atoms with Crippen molar-refractivity contribution in [3.05, 3.63) is 31.3 Å². The summed E-state index contributed by atoms with van der Waals surface area (Å²) in [6.45, 7) is 8.79. The summed E-state index contributed by atoms with van der Waals surface area (Å²) in [4.78, 5) is 39.3. The van der Waals surface area contributed by atoms with Crippen molar-refractivity contribution >= 4 is 27.6 Å². The lowest BCUT2D eigenvalue weighted by atomic mass is 10.1. The van der Waals surface area contributed by atoms with Gasteiger partial charge < -0.3 is 5.11 Å².